The van der Waals surface area contributed by atoms with Crippen LogP contribution < -0.4 is 10.6 Å². The summed E-state index contributed by atoms with van der Waals surface area (Å²) in [5, 5.41) is 5.12. The summed E-state index contributed by atoms with van der Waals surface area (Å²) in [5.41, 5.74) is -0.418. The van der Waals surface area contributed by atoms with Crippen molar-refractivity contribution in [2.45, 2.75) is 6.54 Å². The maximum atomic E-state index is 13.3. The van der Waals surface area contributed by atoms with Crippen LogP contribution in [0, 0.1) is 11.6 Å². The quantitative estimate of drug-likeness (QED) is 0.856. The Morgan fingerprint density at radius 1 is 1.20 bits per heavy atom. The number of carbonyl (C=O) groups is 1. The Hall–Kier alpha value is -1.31. The van der Waals surface area contributed by atoms with E-state index in [0.717, 1.165) is 20.8 Å². The molecule has 0 unspecified atom stereocenters. The Morgan fingerprint density at radius 2 is 1.90 bits per heavy atom. The van der Waals surface area contributed by atoms with Gasteiger partial charge >= 0.3 is 0 Å². The zero-order valence-corrected chi connectivity index (χ0v) is 12.7. The number of carbonyl (C=O) groups excluding carboxylic acids is 1. The predicted molar refractivity (Wildman–Crippen MR) is 78.7 cm³/mol. The molecule has 2 rings (SSSR count). The molecule has 0 aliphatic rings. The van der Waals surface area contributed by atoms with Gasteiger partial charge in [0.15, 0.2) is 0 Å². The summed E-state index contributed by atoms with van der Waals surface area (Å²) in [6.45, 7) is 0.493. The maximum absolute atomic E-state index is 13.3. The molecule has 0 spiro atoms. The first-order valence-electron chi connectivity index (χ1n) is 5.75. The number of halogens is 3. The van der Waals surface area contributed by atoms with Gasteiger partial charge in [0, 0.05) is 11.4 Å². The smallest absolute Gasteiger partial charge is 0.238 e. The summed E-state index contributed by atoms with van der Waals surface area (Å²) >= 11 is 4.89. The predicted octanol–water partition coefficient (Wildman–Crippen LogP) is 3.52. The van der Waals surface area contributed by atoms with E-state index in [0.29, 0.717) is 6.54 Å². The molecule has 106 valence electrons. The number of benzene rings is 1. The van der Waals surface area contributed by atoms with Gasteiger partial charge in [-0.2, -0.15) is 0 Å². The highest BCUT2D eigenvalue weighted by Crippen LogP contribution is 2.21. The van der Waals surface area contributed by atoms with E-state index >= 15 is 0 Å². The van der Waals surface area contributed by atoms with Crippen molar-refractivity contribution >= 4 is 38.9 Å². The molecule has 0 fully saturated rings. The number of amides is 1. The van der Waals surface area contributed by atoms with Crippen LogP contribution in [0.15, 0.2) is 34.1 Å². The van der Waals surface area contributed by atoms with Crippen molar-refractivity contribution in [2.24, 2.45) is 0 Å². The van der Waals surface area contributed by atoms with E-state index in [9.17, 15) is 13.6 Å². The van der Waals surface area contributed by atoms with Crippen LogP contribution >= 0.6 is 27.3 Å². The largest absolute Gasteiger partial charge is 0.320 e. The SMILES string of the molecule is O=C(CNCc1ccc(Br)s1)Nc1c(F)cccc1F. The molecule has 1 heterocycles. The van der Waals surface area contributed by atoms with E-state index in [-0.39, 0.29) is 6.54 Å². The summed E-state index contributed by atoms with van der Waals surface area (Å²) in [4.78, 5) is 12.7. The third kappa shape index (κ3) is 4.09. The normalized spacial score (nSPS) is 10.6. The van der Waals surface area contributed by atoms with Crippen molar-refractivity contribution in [3.8, 4) is 0 Å². The Kier molecular flexibility index (Phi) is 5.22. The molecule has 1 amide bonds. The fourth-order valence-electron chi connectivity index (χ4n) is 1.55. The molecule has 1 aromatic carbocycles. The fourth-order valence-corrected chi connectivity index (χ4v) is 3.00. The summed E-state index contributed by atoms with van der Waals surface area (Å²) < 4.78 is 27.7. The fraction of sp³-hybridized carbons (Fsp3) is 0.154. The molecule has 0 radical (unpaired) electrons. The molecule has 0 saturated carbocycles. The molecule has 2 N–H and O–H groups in total. The maximum Gasteiger partial charge on any atom is 0.238 e. The summed E-state index contributed by atoms with van der Waals surface area (Å²) in [6.07, 6.45) is 0. The molecular weight excluding hydrogens is 350 g/mol. The van der Waals surface area contributed by atoms with E-state index in [1.165, 1.54) is 6.07 Å². The molecule has 2 aromatic rings. The number of nitrogens with one attached hydrogen (secondary N) is 2. The minimum Gasteiger partial charge on any atom is -0.320 e. The number of hydrogen-bond acceptors (Lipinski definition) is 3. The average Bonchev–Trinajstić information content (AvgIpc) is 2.80. The summed E-state index contributed by atoms with van der Waals surface area (Å²) in [7, 11) is 0. The topological polar surface area (TPSA) is 41.1 Å². The average molecular weight is 361 g/mol. The molecule has 0 saturated heterocycles. The second-order valence-corrected chi connectivity index (χ2v) is 6.50. The minimum absolute atomic E-state index is 0.0245. The molecule has 20 heavy (non-hydrogen) atoms. The molecule has 0 atom stereocenters. The van der Waals surface area contributed by atoms with Crippen LogP contribution in [0.25, 0.3) is 0 Å². The van der Waals surface area contributed by atoms with Crippen molar-refractivity contribution in [2.75, 3.05) is 11.9 Å². The summed E-state index contributed by atoms with van der Waals surface area (Å²) in [5.74, 6) is -2.08. The molecular formula is C13H11BrF2N2OS. The lowest BCUT2D eigenvalue weighted by atomic mass is 10.3. The third-order valence-corrected chi connectivity index (χ3v) is 4.06. The van der Waals surface area contributed by atoms with Crippen LogP contribution in [0.4, 0.5) is 14.5 Å². The molecule has 0 aliphatic carbocycles. The van der Waals surface area contributed by atoms with Crippen molar-refractivity contribution in [1.82, 2.24) is 5.32 Å². The zero-order chi connectivity index (χ0) is 14.5. The monoisotopic (exact) mass is 360 g/mol. The van der Waals surface area contributed by atoms with Crippen LogP contribution in [-0.4, -0.2) is 12.5 Å². The van der Waals surface area contributed by atoms with E-state index in [4.69, 9.17) is 0 Å². The number of para-hydroxylation sites is 1. The Labute approximate surface area is 127 Å². The van der Waals surface area contributed by atoms with Gasteiger partial charge < -0.3 is 10.6 Å². The second-order valence-electron chi connectivity index (χ2n) is 3.95. The number of anilines is 1. The lowest BCUT2D eigenvalue weighted by Crippen LogP contribution is -2.28. The highest BCUT2D eigenvalue weighted by molar-refractivity contribution is 9.11. The van der Waals surface area contributed by atoms with Crippen LogP contribution in [-0.2, 0) is 11.3 Å². The van der Waals surface area contributed by atoms with Crippen molar-refractivity contribution < 1.29 is 13.6 Å². The molecule has 1 aromatic heterocycles. The molecule has 0 bridgehead atoms. The van der Waals surface area contributed by atoms with E-state index in [1.807, 2.05) is 12.1 Å². The molecule has 3 nitrogen and oxygen atoms in total. The van der Waals surface area contributed by atoms with E-state index < -0.39 is 23.2 Å². The van der Waals surface area contributed by atoms with E-state index in [2.05, 4.69) is 26.6 Å². The lowest BCUT2D eigenvalue weighted by Gasteiger charge is -2.08. The highest BCUT2D eigenvalue weighted by atomic mass is 79.9. The van der Waals surface area contributed by atoms with Gasteiger partial charge in [0.2, 0.25) is 5.91 Å². The van der Waals surface area contributed by atoms with Gasteiger partial charge in [0.05, 0.1) is 10.3 Å². The van der Waals surface area contributed by atoms with Gasteiger partial charge in [-0.1, -0.05) is 6.07 Å². The number of thiophene rings is 1. The molecule has 7 heteroatoms. The second kappa shape index (κ2) is 6.92. The Bertz CT molecular complexity index is 598. The number of rotatable bonds is 5. The van der Waals surface area contributed by atoms with Gasteiger partial charge in [-0.15, -0.1) is 11.3 Å². The van der Waals surface area contributed by atoms with Crippen LogP contribution in [0.5, 0.6) is 0 Å². The van der Waals surface area contributed by atoms with Crippen molar-refractivity contribution in [1.29, 1.82) is 0 Å². The van der Waals surface area contributed by atoms with Crippen molar-refractivity contribution in [3.63, 3.8) is 0 Å². The zero-order valence-electron chi connectivity index (χ0n) is 10.3. The summed E-state index contributed by atoms with van der Waals surface area (Å²) in [6, 6.07) is 7.27. The van der Waals surface area contributed by atoms with Gasteiger partial charge in [-0.25, -0.2) is 8.78 Å². The van der Waals surface area contributed by atoms with Crippen LogP contribution in [0.2, 0.25) is 0 Å². The van der Waals surface area contributed by atoms with Gasteiger partial charge in [0.1, 0.15) is 17.3 Å². The first kappa shape index (κ1) is 15.1. The highest BCUT2D eigenvalue weighted by Gasteiger charge is 2.11. The standard InChI is InChI=1S/C13H11BrF2N2OS/c14-11-5-4-8(20-11)6-17-7-12(19)18-13-9(15)2-1-3-10(13)16/h1-5,17H,6-7H2,(H,18,19). The lowest BCUT2D eigenvalue weighted by molar-refractivity contribution is -0.115. The van der Waals surface area contributed by atoms with Crippen LogP contribution in [0.3, 0.4) is 0 Å². The van der Waals surface area contributed by atoms with E-state index in [1.54, 1.807) is 11.3 Å². The van der Waals surface area contributed by atoms with Crippen LogP contribution in [0.1, 0.15) is 4.88 Å². The van der Waals surface area contributed by atoms with Gasteiger partial charge in [-0.3, -0.25) is 4.79 Å². The Morgan fingerprint density at radius 3 is 2.50 bits per heavy atom. The minimum atomic E-state index is -0.791. The first-order chi connectivity index (χ1) is 9.56. The number of hydrogen-bond donors (Lipinski definition) is 2. The third-order valence-electron chi connectivity index (χ3n) is 2.44. The van der Waals surface area contributed by atoms with Gasteiger partial charge in [0.25, 0.3) is 0 Å². The molecule has 0 aliphatic heterocycles. The van der Waals surface area contributed by atoms with Crippen molar-refractivity contribution in [3.05, 3.63) is 50.6 Å². The van der Waals surface area contributed by atoms with Gasteiger partial charge in [-0.05, 0) is 40.2 Å². The first-order valence-corrected chi connectivity index (χ1v) is 7.36. The Balaban J connectivity index is 1.84.